The van der Waals surface area contributed by atoms with Gasteiger partial charge in [-0.25, -0.2) is 9.97 Å². The molecule has 0 bridgehead atoms. The van der Waals surface area contributed by atoms with Crippen molar-refractivity contribution >= 4 is 17.6 Å². The zero-order valence-corrected chi connectivity index (χ0v) is 13.2. The number of methoxy groups -OCH3 is 1. The zero-order valence-electron chi connectivity index (χ0n) is 12.4. The molecule has 0 aliphatic carbocycles. The second-order valence-corrected chi connectivity index (χ2v) is 5.42. The van der Waals surface area contributed by atoms with Crippen molar-refractivity contribution in [2.45, 2.75) is 17.8 Å². The maximum Gasteiger partial charge on any atom is 0.237 e. The van der Waals surface area contributed by atoms with Crippen molar-refractivity contribution in [3.8, 4) is 17.4 Å². The van der Waals surface area contributed by atoms with Gasteiger partial charge in [-0.1, -0.05) is 16.9 Å². The summed E-state index contributed by atoms with van der Waals surface area (Å²) in [6.07, 6.45) is 0. The Morgan fingerprint density at radius 3 is 2.78 bits per heavy atom. The van der Waals surface area contributed by atoms with E-state index in [0.717, 1.165) is 5.69 Å². The van der Waals surface area contributed by atoms with Crippen molar-refractivity contribution < 1.29 is 9.26 Å². The Labute approximate surface area is 135 Å². The van der Waals surface area contributed by atoms with Crippen LogP contribution in [0.5, 0.6) is 5.88 Å². The van der Waals surface area contributed by atoms with Crippen molar-refractivity contribution in [2.75, 3.05) is 12.8 Å². The van der Waals surface area contributed by atoms with Gasteiger partial charge in [0.15, 0.2) is 5.16 Å². The van der Waals surface area contributed by atoms with Gasteiger partial charge >= 0.3 is 0 Å². The van der Waals surface area contributed by atoms with Crippen LogP contribution in [0.25, 0.3) is 11.5 Å². The highest BCUT2D eigenvalue weighted by atomic mass is 32.2. The normalized spacial score (nSPS) is 10.7. The average molecular weight is 331 g/mol. The van der Waals surface area contributed by atoms with Crippen molar-refractivity contribution in [3.63, 3.8) is 0 Å². The number of aromatic nitrogens is 6. The van der Waals surface area contributed by atoms with Crippen LogP contribution in [0.1, 0.15) is 11.6 Å². The van der Waals surface area contributed by atoms with Crippen LogP contribution in [-0.4, -0.2) is 37.4 Å². The predicted octanol–water partition coefficient (Wildman–Crippen LogP) is 1.51. The molecular weight excluding hydrogens is 318 g/mol. The van der Waals surface area contributed by atoms with Gasteiger partial charge in [0.1, 0.15) is 11.5 Å². The van der Waals surface area contributed by atoms with Crippen LogP contribution in [0, 0.1) is 6.92 Å². The average Bonchev–Trinajstić information content (AvgIpc) is 3.01. The molecule has 0 saturated carbocycles. The maximum absolute atomic E-state index is 5.69. The second-order valence-electron chi connectivity index (χ2n) is 4.48. The number of nitrogen functional groups attached to an aromatic ring is 1. The largest absolute Gasteiger partial charge is 0.480 e. The Morgan fingerprint density at radius 1 is 1.22 bits per heavy atom. The highest BCUT2D eigenvalue weighted by molar-refractivity contribution is 7.98. The number of hydrogen-bond donors (Lipinski definition) is 1. The van der Waals surface area contributed by atoms with E-state index in [1.807, 2.05) is 6.92 Å². The fraction of sp³-hybridized carbons (Fsp3) is 0.231. The molecule has 0 aliphatic heterocycles. The monoisotopic (exact) mass is 331 g/mol. The third-order valence-electron chi connectivity index (χ3n) is 2.72. The fourth-order valence-corrected chi connectivity index (χ4v) is 2.47. The first-order valence-electron chi connectivity index (χ1n) is 6.58. The Balaban J connectivity index is 1.69. The van der Waals surface area contributed by atoms with E-state index in [1.165, 1.54) is 18.9 Å². The van der Waals surface area contributed by atoms with Crippen molar-refractivity contribution in [1.29, 1.82) is 0 Å². The van der Waals surface area contributed by atoms with E-state index in [2.05, 4.69) is 30.3 Å². The van der Waals surface area contributed by atoms with Crippen LogP contribution in [0.15, 0.2) is 27.9 Å². The van der Waals surface area contributed by atoms with Crippen LogP contribution in [0.2, 0.25) is 0 Å². The summed E-state index contributed by atoms with van der Waals surface area (Å²) in [5.41, 5.74) is 7.00. The smallest absolute Gasteiger partial charge is 0.237 e. The van der Waals surface area contributed by atoms with Crippen molar-refractivity contribution in [1.82, 2.24) is 30.3 Å². The molecule has 0 unspecified atom stereocenters. The lowest BCUT2D eigenvalue weighted by Crippen LogP contribution is -1.96. The van der Waals surface area contributed by atoms with E-state index in [0.29, 0.717) is 40.0 Å². The first kappa shape index (κ1) is 15.2. The summed E-state index contributed by atoms with van der Waals surface area (Å²) >= 11 is 1.36. The van der Waals surface area contributed by atoms with Gasteiger partial charge in [0.25, 0.3) is 0 Å². The van der Waals surface area contributed by atoms with E-state index < -0.39 is 0 Å². The molecule has 9 nitrogen and oxygen atoms in total. The number of ether oxygens (including phenoxy) is 1. The molecule has 23 heavy (non-hydrogen) atoms. The molecule has 0 fully saturated rings. The molecule has 0 aliphatic rings. The SMILES string of the molecule is COc1ccc(-c2noc(CSc3nc(C)cc(N)n3)n2)nn1. The van der Waals surface area contributed by atoms with Gasteiger partial charge in [0.2, 0.25) is 17.6 Å². The minimum atomic E-state index is 0.362. The van der Waals surface area contributed by atoms with Crippen LogP contribution >= 0.6 is 11.8 Å². The molecule has 0 atom stereocenters. The molecule has 118 valence electrons. The number of aryl methyl sites for hydroxylation is 1. The minimum absolute atomic E-state index is 0.362. The zero-order chi connectivity index (χ0) is 16.2. The molecule has 0 radical (unpaired) electrons. The standard InChI is InChI=1S/C13H13N7O2S/c1-7-5-9(14)16-13(15-7)23-6-11-17-12(20-22-11)8-3-4-10(21-2)19-18-8/h3-5H,6H2,1-2H3,(H2,14,15,16). The van der Waals surface area contributed by atoms with Gasteiger partial charge in [-0.2, -0.15) is 4.98 Å². The summed E-state index contributed by atoms with van der Waals surface area (Å²) in [6.45, 7) is 1.86. The summed E-state index contributed by atoms with van der Waals surface area (Å²) in [5.74, 6) is 2.08. The van der Waals surface area contributed by atoms with Gasteiger partial charge < -0.3 is 15.0 Å². The summed E-state index contributed by atoms with van der Waals surface area (Å²) in [6, 6.07) is 5.09. The molecular formula is C13H13N7O2S. The first-order valence-corrected chi connectivity index (χ1v) is 7.57. The summed E-state index contributed by atoms with van der Waals surface area (Å²) < 4.78 is 10.1. The second kappa shape index (κ2) is 6.57. The van der Waals surface area contributed by atoms with E-state index >= 15 is 0 Å². The van der Waals surface area contributed by atoms with E-state index in [9.17, 15) is 0 Å². The summed E-state index contributed by atoms with van der Waals surface area (Å²) in [7, 11) is 1.52. The third kappa shape index (κ3) is 3.72. The molecule has 0 amide bonds. The number of nitrogens with zero attached hydrogens (tertiary/aromatic N) is 6. The number of thioether (sulfide) groups is 1. The summed E-state index contributed by atoms with van der Waals surface area (Å²) in [5, 5.41) is 12.3. The van der Waals surface area contributed by atoms with Crippen LogP contribution < -0.4 is 10.5 Å². The van der Waals surface area contributed by atoms with Gasteiger partial charge in [0.05, 0.1) is 12.9 Å². The van der Waals surface area contributed by atoms with Crippen LogP contribution in [0.3, 0.4) is 0 Å². The first-order chi connectivity index (χ1) is 11.1. The van der Waals surface area contributed by atoms with Gasteiger partial charge in [-0.3, -0.25) is 0 Å². The molecule has 0 spiro atoms. The Morgan fingerprint density at radius 2 is 2.09 bits per heavy atom. The molecule has 3 heterocycles. The fourth-order valence-electron chi connectivity index (χ4n) is 1.72. The van der Waals surface area contributed by atoms with Crippen molar-refractivity contribution in [2.24, 2.45) is 0 Å². The molecule has 3 rings (SSSR count). The number of nitrogens with two attached hydrogens (primary N) is 1. The molecule has 10 heteroatoms. The molecule has 0 aromatic carbocycles. The van der Waals surface area contributed by atoms with E-state index in [1.54, 1.807) is 18.2 Å². The quantitative estimate of drug-likeness (QED) is 0.543. The van der Waals surface area contributed by atoms with Crippen molar-refractivity contribution in [3.05, 3.63) is 29.8 Å². The highest BCUT2D eigenvalue weighted by Crippen LogP contribution is 2.21. The number of rotatable bonds is 5. The molecule has 3 aromatic heterocycles. The molecule has 3 aromatic rings. The maximum atomic E-state index is 5.69. The van der Waals surface area contributed by atoms with Gasteiger partial charge in [-0.15, -0.1) is 10.2 Å². The predicted molar refractivity (Wildman–Crippen MR) is 82.6 cm³/mol. The van der Waals surface area contributed by atoms with Gasteiger partial charge in [-0.05, 0) is 13.0 Å². The van der Waals surface area contributed by atoms with Crippen LogP contribution in [-0.2, 0) is 5.75 Å². The van der Waals surface area contributed by atoms with Crippen LogP contribution in [0.4, 0.5) is 5.82 Å². The number of hydrogen-bond acceptors (Lipinski definition) is 10. The Bertz CT molecular complexity index is 786. The Kier molecular flexibility index (Phi) is 4.33. The topological polar surface area (TPSA) is 126 Å². The number of anilines is 1. The third-order valence-corrected chi connectivity index (χ3v) is 3.56. The van der Waals surface area contributed by atoms with E-state index in [-0.39, 0.29) is 0 Å². The molecule has 0 saturated heterocycles. The minimum Gasteiger partial charge on any atom is -0.480 e. The lowest BCUT2D eigenvalue weighted by atomic mass is 10.4. The lowest BCUT2D eigenvalue weighted by molar-refractivity contribution is 0.389. The molecule has 2 N–H and O–H groups in total. The van der Waals surface area contributed by atoms with Gasteiger partial charge in [0, 0.05) is 17.8 Å². The highest BCUT2D eigenvalue weighted by Gasteiger charge is 2.12. The van der Waals surface area contributed by atoms with E-state index in [4.69, 9.17) is 15.0 Å². The lowest BCUT2D eigenvalue weighted by Gasteiger charge is -2.00. The summed E-state index contributed by atoms with van der Waals surface area (Å²) in [4.78, 5) is 12.7. The Hall–Kier alpha value is -2.75.